The van der Waals surface area contributed by atoms with Gasteiger partial charge in [-0.05, 0) is 12.8 Å². The molecule has 0 spiro atoms. The molecule has 5 N–H and O–H groups in total. The van der Waals surface area contributed by atoms with E-state index in [1.54, 1.807) is 0 Å². The quantitative estimate of drug-likeness (QED) is 0.0390. The van der Waals surface area contributed by atoms with Crippen LogP contribution in [0, 0.1) is 0 Å². The van der Waals surface area contributed by atoms with Crippen LogP contribution in [-0.2, 0) is 4.79 Å². The molecule has 0 saturated carbocycles. The molecule has 0 fully saturated rings. The Kier molecular flexibility index (Phi) is 62.6. The second-order valence-electron chi connectivity index (χ2n) is 24.2. The van der Waals surface area contributed by atoms with Gasteiger partial charge in [-0.2, -0.15) is 0 Å². The lowest BCUT2D eigenvalue weighted by Gasteiger charge is -2.27. The number of aliphatic hydroxyl groups excluding tert-OH is 4. The molecule has 0 aliphatic heterocycles. The van der Waals surface area contributed by atoms with E-state index in [0.29, 0.717) is 12.8 Å². The average Bonchev–Trinajstić information content (AvgIpc) is 3.41. The minimum Gasteiger partial charge on any atom is -0.394 e. The third-order valence-corrected chi connectivity index (χ3v) is 16.8. The van der Waals surface area contributed by atoms with E-state index in [1.807, 2.05) is 0 Å². The van der Waals surface area contributed by atoms with E-state index in [-0.39, 0.29) is 0 Å². The summed E-state index contributed by atoms with van der Waals surface area (Å²) in [5.74, 6) is -0.573. The van der Waals surface area contributed by atoms with Crippen LogP contribution in [0.3, 0.4) is 0 Å². The molecule has 0 bridgehead atoms. The fourth-order valence-electron chi connectivity index (χ4n) is 11.5. The smallest absolute Gasteiger partial charge is 0.249 e. The van der Waals surface area contributed by atoms with Crippen LogP contribution in [0.4, 0.5) is 0 Å². The van der Waals surface area contributed by atoms with Crippen molar-refractivity contribution in [2.75, 3.05) is 6.61 Å². The van der Waals surface area contributed by atoms with Gasteiger partial charge in [0.05, 0.1) is 18.8 Å². The molecule has 0 rings (SSSR count). The Hall–Kier alpha value is -0.690. The SMILES string of the molecule is CCCCCCCCCCCCCCCCCCCCCCCCCCCCCCCCC(O)C(O)C(CO)NC(=O)C(O)CCCCCCCCCCCCCCCCCCCCCCCCCCCCCC. The molecule has 0 saturated heterocycles. The maximum atomic E-state index is 12.7. The van der Waals surface area contributed by atoms with Crippen molar-refractivity contribution in [2.24, 2.45) is 0 Å². The highest BCUT2D eigenvalue weighted by atomic mass is 16.3. The minimum atomic E-state index is -1.26. The van der Waals surface area contributed by atoms with Crippen molar-refractivity contribution in [1.29, 1.82) is 0 Å². The lowest BCUT2D eigenvalue weighted by Crippen LogP contribution is -2.53. The van der Waals surface area contributed by atoms with Crippen LogP contribution in [0.2, 0.25) is 0 Å². The van der Waals surface area contributed by atoms with Crippen molar-refractivity contribution < 1.29 is 25.2 Å². The minimum absolute atomic E-state index is 0.377. The van der Waals surface area contributed by atoms with E-state index >= 15 is 0 Å². The molecule has 0 aromatic rings. The monoisotopic (exact) mass is 1050 g/mol. The maximum absolute atomic E-state index is 12.7. The lowest BCUT2D eigenvalue weighted by atomic mass is 9.99. The molecular formula is C68H137NO5. The summed E-state index contributed by atoms with van der Waals surface area (Å²) < 4.78 is 0. The Balaban J connectivity index is 3.51. The zero-order chi connectivity index (χ0) is 53.7. The standard InChI is InChI=1S/C68H137NO5/c1-3-5-7-9-11-13-15-17-19-21-23-25-27-29-31-33-34-36-37-39-41-43-45-47-49-51-53-55-57-59-61-65(71)67(73)64(63-70)69-68(74)66(72)62-60-58-56-54-52-50-48-46-44-42-40-38-35-32-30-28-26-24-22-20-18-16-14-12-10-8-6-4-2/h64-67,70-73H,3-63H2,1-2H3,(H,69,74). The number of unbranched alkanes of at least 4 members (excludes halogenated alkanes) is 56. The molecule has 74 heavy (non-hydrogen) atoms. The second kappa shape index (κ2) is 63.1. The molecule has 0 aliphatic rings. The van der Waals surface area contributed by atoms with Crippen LogP contribution in [0.25, 0.3) is 0 Å². The molecule has 1 amide bonds. The van der Waals surface area contributed by atoms with Crippen LogP contribution in [0.1, 0.15) is 399 Å². The third-order valence-electron chi connectivity index (χ3n) is 16.8. The van der Waals surface area contributed by atoms with Crippen molar-refractivity contribution in [3.8, 4) is 0 Å². The van der Waals surface area contributed by atoms with Crippen LogP contribution in [0.15, 0.2) is 0 Å². The number of hydrogen-bond donors (Lipinski definition) is 5. The fraction of sp³-hybridized carbons (Fsp3) is 0.985. The van der Waals surface area contributed by atoms with Crippen molar-refractivity contribution in [1.82, 2.24) is 5.32 Å². The Bertz CT molecular complexity index is 1040. The first-order valence-electron chi connectivity index (χ1n) is 34.4. The Labute approximate surface area is 464 Å². The fourth-order valence-corrected chi connectivity index (χ4v) is 11.5. The molecule has 0 aromatic carbocycles. The van der Waals surface area contributed by atoms with E-state index in [9.17, 15) is 25.2 Å². The van der Waals surface area contributed by atoms with Gasteiger partial charge >= 0.3 is 0 Å². The average molecular weight is 1050 g/mol. The van der Waals surface area contributed by atoms with Gasteiger partial charge in [0.2, 0.25) is 5.91 Å². The number of carbonyl (C=O) groups excluding carboxylic acids is 1. The molecular weight excluding hydrogens is 911 g/mol. The Morgan fingerprint density at radius 3 is 0.649 bits per heavy atom. The summed E-state index contributed by atoms with van der Waals surface area (Å²) >= 11 is 0. The number of aliphatic hydroxyl groups is 4. The zero-order valence-corrected chi connectivity index (χ0v) is 50.6. The van der Waals surface area contributed by atoms with E-state index in [1.165, 1.54) is 334 Å². The van der Waals surface area contributed by atoms with Crippen LogP contribution in [0.5, 0.6) is 0 Å². The first-order chi connectivity index (χ1) is 36.5. The van der Waals surface area contributed by atoms with Gasteiger partial charge in [0, 0.05) is 0 Å². The number of hydrogen-bond acceptors (Lipinski definition) is 5. The molecule has 0 aromatic heterocycles. The molecule has 4 unspecified atom stereocenters. The van der Waals surface area contributed by atoms with Gasteiger partial charge in [0.15, 0.2) is 0 Å². The third kappa shape index (κ3) is 56.0. The van der Waals surface area contributed by atoms with Gasteiger partial charge < -0.3 is 25.7 Å². The highest BCUT2D eigenvalue weighted by molar-refractivity contribution is 5.80. The summed E-state index contributed by atoms with van der Waals surface area (Å²) in [6.07, 6.45) is 76.5. The first-order valence-corrected chi connectivity index (χ1v) is 34.4. The van der Waals surface area contributed by atoms with Crippen LogP contribution < -0.4 is 5.32 Å². The summed E-state index contributed by atoms with van der Waals surface area (Å²) in [7, 11) is 0. The highest BCUT2D eigenvalue weighted by Gasteiger charge is 2.28. The van der Waals surface area contributed by atoms with E-state index in [2.05, 4.69) is 19.2 Å². The van der Waals surface area contributed by atoms with Gasteiger partial charge in [0.25, 0.3) is 0 Å². The molecule has 6 heteroatoms. The van der Waals surface area contributed by atoms with Gasteiger partial charge in [-0.25, -0.2) is 0 Å². The van der Waals surface area contributed by atoms with Crippen molar-refractivity contribution >= 4 is 5.91 Å². The summed E-state index contributed by atoms with van der Waals surface area (Å²) in [6, 6.07) is -0.982. The van der Waals surface area contributed by atoms with Gasteiger partial charge in [-0.3, -0.25) is 4.79 Å². The summed E-state index contributed by atoms with van der Waals surface area (Å²) in [5.41, 5.74) is 0. The summed E-state index contributed by atoms with van der Waals surface area (Å²) in [4.78, 5) is 12.7. The lowest BCUT2D eigenvalue weighted by molar-refractivity contribution is -0.132. The summed E-state index contributed by atoms with van der Waals surface area (Å²) in [6.45, 7) is 4.12. The van der Waals surface area contributed by atoms with Crippen molar-refractivity contribution in [3.05, 3.63) is 0 Å². The van der Waals surface area contributed by atoms with Gasteiger partial charge in [-0.1, -0.05) is 386 Å². The predicted octanol–water partition coefficient (Wildman–Crippen LogP) is 21.0. The Morgan fingerprint density at radius 1 is 0.284 bits per heavy atom. The predicted molar refractivity (Wildman–Crippen MR) is 325 cm³/mol. The molecule has 444 valence electrons. The maximum Gasteiger partial charge on any atom is 0.249 e. The van der Waals surface area contributed by atoms with E-state index in [0.717, 1.165) is 38.5 Å². The first kappa shape index (κ1) is 73.3. The molecule has 0 heterocycles. The largest absolute Gasteiger partial charge is 0.394 e. The summed E-state index contributed by atoms with van der Waals surface area (Å²) in [5, 5.41) is 44.3. The number of rotatable bonds is 65. The van der Waals surface area contributed by atoms with Gasteiger partial charge in [-0.15, -0.1) is 0 Å². The second-order valence-corrected chi connectivity index (χ2v) is 24.2. The highest BCUT2D eigenvalue weighted by Crippen LogP contribution is 2.20. The molecule has 0 aliphatic carbocycles. The molecule has 6 nitrogen and oxygen atoms in total. The molecule has 0 radical (unpaired) electrons. The van der Waals surface area contributed by atoms with E-state index < -0.39 is 36.9 Å². The van der Waals surface area contributed by atoms with E-state index in [4.69, 9.17) is 0 Å². The molecule has 4 atom stereocenters. The number of carbonyl (C=O) groups is 1. The van der Waals surface area contributed by atoms with Crippen LogP contribution in [-0.4, -0.2) is 57.3 Å². The zero-order valence-electron chi connectivity index (χ0n) is 50.6. The normalized spacial score (nSPS) is 13.4. The van der Waals surface area contributed by atoms with Crippen molar-refractivity contribution in [2.45, 2.75) is 423 Å². The Morgan fingerprint density at radius 2 is 0.459 bits per heavy atom. The van der Waals surface area contributed by atoms with Gasteiger partial charge in [0.1, 0.15) is 12.2 Å². The van der Waals surface area contributed by atoms with Crippen molar-refractivity contribution in [3.63, 3.8) is 0 Å². The van der Waals surface area contributed by atoms with Crippen LogP contribution >= 0.6 is 0 Å². The number of amides is 1. The number of nitrogens with one attached hydrogen (secondary N) is 1. The topological polar surface area (TPSA) is 110 Å².